The van der Waals surface area contributed by atoms with Crippen molar-refractivity contribution in [2.24, 2.45) is 0 Å². The molecule has 0 bridgehead atoms. The third-order valence-corrected chi connectivity index (χ3v) is 3.66. The van der Waals surface area contributed by atoms with E-state index < -0.39 is 17.5 Å². The molecule has 0 saturated heterocycles. The summed E-state index contributed by atoms with van der Waals surface area (Å²) < 4.78 is 38.2. The van der Waals surface area contributed by atoms with E-state index in [-0.39, 0.29) is 12.0 Å². The highest BCUT2D eigenvalue weighted by molar-refractivity contribution is 5.98. The molecule has 24 heavy (non-hydrogen) atoms. The number of carbonyl (C=O) groups excluding carboxylic acids is 1. The fourth-order valence-electron chi connectivity index (χ4n) is 2.44. The first-order valence-electron chi connectivity index (χ1n) is 7.19. The number of rotatable bonds is 3. The van der Waals surface area contributed by atoms with Gasteiger partial charge >= 0.3 is 6.18 Å². The number of benzene rings is 2. The Bertz CT molecular complexity index is 920. The Labute approximate surface area is 135 Å². The monoisotopic (exact) mass is 330 g/mol. The highest BCUT2D eigenvalue weighted by atomic mass is 19.4. The average Bonchev–Trinajstić information content (AvgIpc) is 2.55. The second-order valence-corrected chi connectivity index (χ2v) is 5.40. The van der Waals surface area contributed by atoms with Crippen molar-refractivity contribution < 1.29 is 18.0 Å². The summed E-state index contributed by atoms with van der Waals surface area (Å²) in [6.45, 7) is 0. The van der Waals surface area contributed by atoms with E-state index in [1.807, 2.05) is 6.07 Å². The quantitative estimate of drug-likeness (QED) is 0.576. The van der Waals surface area contributed by atoms with Gasteiger partial charge < -0.3 is 5.73 Å². The molecule has 122 valence electrons. The first-order valence-corrected chi connectivity index (χ1v) is 7.19. The van der Waals surface area contributed by atoms with Gasteiger partial charge in [-0.1, -0.05) is 30.3 Å². The fraction of sp³-hybridized carbons (Fsp3) is 0.111. The minimum absolute atomic E-state index is 0.00718. The molecule has 2 aromatic carbocycles. The number of alkyl halides is 3. The van der Waals surface area contributed by atoms with Crippen LogP contribution in [0.25, 0.3) is 10.9 Å². The molecule has 3 aromatic rings. The smallest absolute Gasteiger partial charge is 0.397 e. The van der Waals surface area contributed by atoms with E-state index in [9.17, 15) is 18.0 Å². The Morgan fingerprint density at radius 2 is 1.79 bits per heavy atom. The van der Waals surface area contributed by atoms with Gasteiger partial charge in [-0.05, 0) is 24.3 Å². The molecule has 0 fully saturated rings. The molecule has 1 heterocycles. The molecular formula is C18H13F3N2O. The van der Waals surface area contributed by atoms with Crippen molar-refractivity contribution in [2.45, 2.75) is 12.6 Å². The Hall–Kier alpha value is -2.89. The van der Waals surface area contributed by atoms with Crippen LogP contribution in [0.5, 0.6) is 0 Å². The summed E-state index contributed by atoms with van der Waals surface area (Å²) in [4.78, 5) is 16.6. The number of anilines is 1. The summed E-state index contributed by atoms with van der Waals surface area (Å²) in [5, 5.41) is 0.838. The van der Waals surface area contributed by atoms with Crippen molar-refractivity contribution in [3.8, 4) is 0 Å². The van der Waals surface area contributed by atoms with Crippen molar-refractivity contribution in [3.63, 3.8) is 0 Å². The molecular weight excluding hydrogens is 317 g/mol. The first kappa shape index (κ1) is 16.0. The molecule has 0 radical (unpaired) electrons. The van der Waals surface area contributed by atoms with E-state index in [1.54, 1.807) is 24.3 Å². The summed E-state index contributed by atoms with van der Waals surface area (Å²) >= 11 is 0. The minimum Gasteiger partial charge on any atom is -0.397 e. The number of fused-ring (bicyclic) bond motifs is 1. The van der Waals surface area contributed by atoms with E-state index in [0.717, 1.165) is 17.5 Å². The molecule has 0 amide bonds. The van der Waals surface area contributed by atoms with Crippen LogP contribution in [-0.4, -0.2) is 10.8 Å². The van der Waals surface area contributed by atoms with E-state index >= 15 is 0 Å². The lowest BCUT2D eigenvalue weighted by Crippen LogP contribution is -2.09. The number of hydrogen-bond donors (Lipinski definition) is 1. The maximum Gasteiger partial charge on any atom is 0.416 e. The number of Topliss-reactive ketones (excluding diaryl/α,β-unsaturated/α-hetero) is 1. The summed E-state index contributed by atoms with van der Waals surface area (Å²) in [6.07, 6.45) is -4.57. The fourth-order valence-corrected chi connectivity index (χ4v) is 2.44. The molecule has 0 atom stereocenters. The van der Waals surface area contributed by atoms with Gasteiger partial charge in [-0.25, -0.2) is 0 Å². The van der Waals surface area contributed by atoms with Crippen LogP contribution in [0.15, 0.2) is 54.6 Å². The average molecular weight is 330 g/mol. The number of nitrogens with two attached hydrogens (primary N) is 1. The summed E-state index contributed by atoms with van der Waals surface area (Å²) in [7, 11) is 0. The number of nitrogens with zero attached hydrogens (tertiary/aromatic N) is 1. The lowest BCUT2D eigenvalue weighted by molar-refractivity contribution is -0.137. The molecule has 1 aromatic heterocycles. The van der Waals surface area contributed by atoms with Crippen LogP contribution in [0.2, 0.25) is 0 Å². The second kappa shape index (κ2) is 5.96. The van der Waals surface area contributed by atoms with Gasteiger partial charge in [0.15, 0.2) is 5.78 Å². The molecule has 0 spiro atoms. The van der Waals surface area contributed by atoms with E-state index in [1.165, 1.54) is 12.1 Å². The minimum atomic E-state index is -4.48. The van der Waals surface area contributed by atoms with Gasteiger partial charge in [0.1, 0.15) is 0 Å². The number of pyridine rings is 1. The standard InChI is InChI=1S/C18H13F3N2O/c19-18(20,21)13-5-1-4-12(9-13)16(24)10-14-8-7-11-3-2-6-15(22)17(11)23-14/h1-9H,10,22H2. The zero-order chi connectivity index (χ0) is 17.3. The van der Waals surface area contributed by atoms with E-state index in [4.69, 9.17) is 5.73 Å². The van der Waals surface area contributed by atoms with Gasteiger partial charge in [-0.15, -0.1) is 0 Å². The van der Waals surface area contributed by atoms with Crippen LogP contribution < -0.4 is 5.73 Å². The number of hydrogen-bond acceptors (Lipinski definition) is 3. The molecule has 0 aliphatic carbocycles. The van der Waals surface area contributed by atoms with Gasteiger partial charge in [0, 0.05) is 16.6 Å². The van der Waals surface area contributed by atoms with Gasteiger partial charge in [0.25, 0.3) is 0 Å². The van der Waals surface area contributed by atoms with Crippen molar-refractivity contribution in [1.82, 2.24) is 4.98 Å². The first-order chi connectivity index (χ1) is 11.3. The Kier molecular flexibility index (Phi) is 3.97. The van der Waals surface area contributed by atoms with Crippen LogP contribution in [0.4, 0.5) is 18.9 Å². The van der Waals surface area contributed by atoms with Crippen molar-refractivity contribution in [1.29, 1.82) is 0 Å². The molecule has 0 saturated carbocycles. The predicted octanol–water partition coefficient (Wildman–Crippen LogP) is 4.26. The normalized spacial score (nSPS) is 11.6. The lowest BCUT2D eigenvalue weighted by atomic mass is 10.0. The van der Waals surface area contributed by atoms with Crippen LogP contribution in [-0.2, 0) is 12.6 Å². The molecule has 2 N–H and O–H groups in total. The number of halogens is 3. The predicted molar refractivity (Wildman–Crippen MR) is 85.6 cm³/mol. The maximum atomic E-state index is 12.7. The lowest BCUT2D eigenvalue weighted by Gasteiger charge is -2.08. The number of aromatic nitrogens is 1. The highest BCUT2D eigenvalue weighted by Gasteiger charge is 2.30. The van der Waals surface area contributed by atoms with Crippen molar-refractivity contribution >= 4 is 22.4 Å². The van der Waals surface area contributed by atoms with Gasteiger partial charge in [-0.2, -0.15) is 13.2 Å². The number of carbonyl (C=O) groups is 1. The van der Waals surface area contributed by atoms with Crippen LogP contribution in [0.3, 0.4) is 0 Å². The molecule has 3 rings (SSSR count). The summed E-state index contributed by atoms with van der Waals surface area (Å²) in [5.41, 5.74) is 6.55. The molecule has 6 heteroatoms. The topological polar surface area (TPSA) is 56.0 Å². The third kappa shape index (κ3) is 3.22. The Balaban J connectivity index is 1.89. The second-order valence-electron chi connectivity index (χ2n) is 5.40. The summed E-state index contributed by atoms with van der Waals surface area (Å²) in [5.74, 6) is -0.428. The van der Waals surface area contributed by atoms with Crippen molar-refractivity contribution in [3.05, 3.63) is 71.4 Å². The number of ketones is 1. The maximum absolute atomic E-state index is 12.7. The van der Waals surface area contributed by atoms with Crippen LogP contribution in [0, 0.1) is 0 Å². The Morgan fingerprint density at radius 3 is 2.54 bits per heavy atom. The van der Waals surface area contributed by atoms with Gasteiger partial charge in [-0.3, -0.25) is 9.78 Å². The number of para-hydroxylation sites is 1. The third-order valence-electron chi connectivity index (χ3n) is 3.66. The highest BCUT2D eigenvalue weighted by Crippen LogP contribution is 2.29. The molecule has 0 unspecified atom stereocenters. The largest absolute Gasteiger partial charge is 0.416 e. The Morgan fingerprint density at radius 1 is 1.04 bits per heavy atom. The van der Waals surface area contributed by atoms with Gasteiger partial charge in [0.2, 0.25) is 0 Å². The van der Waals surface area contributed by atoms with E-state index in [2.05, 4.69) is 4.98 Å². The van der Waals surface area contributed by atoms with Crippen LogP contribution >= 0.6 is 0 Å². The van der Waals surface area contributed by atoms with Crippen molar-refractivity contribution in [2.75, 3.05) is 5.73 Å². The zero-order valence-corrected chi connectivity index (χ0v) is 12.5. The SMILES string of the molecule is Nc1cccc2ccc(CC(=O)c3cccc(C(F)(F)F)c3)nc12. The molecule has 0 aliphatic heterocycles. The van der Waals surface area contributed by atoms with Crippen LogP contribution in [0.1, 0.15) is 21.6 Å². The zero-order valence-electron chi connectivity index (χ0n) is 12.5. The number of nitrogen functional groups attached to an aromatic ring is 1. The summed E-state index contributed by atoms with van der Waals surface area (Å²) in [6, 6.07) is 13.2. The molecule has 3 nitrogen and oxygen atoms in total. The molecule has 0 aliphatic rings. The van der Waals surface area contributed by atoms with E-state index in [0.29, 0.717) is 16.9 Å². The van der Waals surface area contributed by atoms with Gasteiger partial charge in [0.05, 0.1) is 23.2 Å².